The average molecular weight is 292 g/mol. The molecule has 4 nitrogen and oxygen atoms in total. The lowest BCUT2D eigenvalue weighted by molar-refractivity contribution is -0.135. The van der Waals surface area contributed by atoms with E-state index in [1.54, 1.807) is 0 Å². The summed E-state index contributed by atoms with van der Waals surface area (Å²) < 4.78 is 5.75. The molecule has 0 N–H and O–H groups in total. The molecule has 2 heterocycles. The second-order valence-corrected chi connectivity index (χ2v) is 7.54. The van der Waals surface area contributed by atoms with Crippen molar-refractivity contribution in [3.8, 4) is 0 Å². The van der Waals surface area contributed by atoms with E-state index in [9.17, 15) is 4.79 Å². The van der Waals surface area contributed by atoms with Crippen LogP contribution in [0.4, 0.5) is 0 Å². The highest BCUT2D eigenvalue weighted by Gasteiger charge is 2.48. The highest BCUT2D eigenvalue weighted by atomic mass is 16.5. The molecule has 1 amide bonds. The summed E-state index contributed by atoms with van der Waals surface area (Å²) in [5.41, 5.74) is 0. The number of fused-ring (bicyclic) bond motifs is 1. The van der Waals surface area contributed by atoms with Crippen LogP contribution in [-0.2, 0) is 9.53 Å². The van der Waals surface area contributed by atoms with E-state index in [0.29, 0.717) is 17.9 Å². The molecule has 2 aliphatic carbocycles. The molecule has 0 bridgehead atoms. The Labute approximate surface area is 127 Å². The monoisotopic (exact) mass is 292 g/mol. The van der Waals surface area contributed by atoms with Gasteiger partial charge >= 0.3 is 0 Å². The summed E-state index contributed by atoms with van der Waals surface area (Å²) in [6, 6.07) is 0. The zero-order valence-electron chi connectivity index (χ0n) is 13.0. The molecule has 0 aromatic carbocycles. The Hall–Kier alpha value is -0.610. The maximum absolute atomic E-state index is 12.7. The maximum Gasteiger partial charge on any atom is 0.225 e. The Balaban J connectivity index is 1.27. The molecule has 2 saturated carbocycles. The molecule has 0 radical (unpaired) electrons. The lowest BCUT2D eigenvalue weighted by Crippen LogP contribution is -2.39. The highest BCUT2D eigenvalue weighted by molar-refractivity contribution is 5.79. The van der Waals surface area contributed by atoms with Gasteiger partial charge in [-0.15, -0.1) is 0 Å². The second kappa shape index (κ2) is 5.88. The van der Waals surface area contributed by atoms with Gasteiger partial charge in [-0.3, -0.25) is 9.69 Å². The van der Waals surface area contributed by atoms with Gasteiger partial charge in [-0.1, -0.05) is 0 Å². The van der Waals surface area contributed by atoms with E-state index in [4.69, 9.17) is 4.74 Å². The highest BCUT2D eigenvalue weighted by Crippen LogP contribution is 2.54. The average Bonchev–Trinajstić information content (AvgIpc) is 2.89. The molecule has 4 rings (SSSR count). The van der Waals surface area contributed by atoms with Crippen molar-refractivity contribution in [2.75, 3.05) is 39.3 Å². The van der Waals surface area contributed by atoms with Crippen LogP contribution < -0.4 is 0 Å². The molecule has 2 aliphatic heterocycles. The predicted octanol–water partition coefficient (Wildman–Crippen LogP) is 1.75. The van der Waals surface area contributed by atoms with Gasteiger partial charge in [0.15, 0.2) is 0 Å². The van der Waals surface area contributed by atoms with E-state index in [-0.39, 0.29) is 0 Å². The van der Waals surface area contributed by atoms with Crippen LogP contribution in [0.3, 0.4) is 0 Å². The summed E-state index contributed by atoms with van der Waals surface area (Å²) in [5, 5.41) is 0. The first-order valence-corrected chi connectivity index (χ1v) is 8.92. The number of rotatable bonds is 3. The number of nitrogens with zero attached hydrogens (tertiary/aromatic N) is 2. The van der Waals surface area contributed by atoms with Crippen molar-refractivity contribution in [1.29, 1.82) is 0 Å². The first-order chi connectivity index (χ1) is 10.3. The van der Waals surface area contributed by atoms with Crippen LogP contribution in [0.1, 0.15) is 38.5 Å². The number of carbonyl (C=O) groups excluding carboxylic acids is 1. The predicted molar refractivity (Wildman–Crippen MR) is 80.9 cm³/mol. The summed E-state index contributed by atoms with van der Waals surface area (Å²) in [7, 11) is 0. The lowest BCUT2D eigenvalue weighted by atomic mass is 10.0. The Morgan fingerprint density at radius 2 is 1.86 bits per heavy atom. The molecule has 3 atom stereocenters. The van der Waals surface area contributed by atoms with Gasteiger partial charge in [0.2, 0.25) is 5.91 Å². The van der Waals surface area contributed by atoms with Crippen molar-refractivity contribution in [3.05, 3.63) is 0 Å². The molecular weight excluding hydrogens is 264 g/mol. The number of amides is 1. The smallest absolute Gasteiger partial charge is 0.225 e. The molecule has 0 aromatic rings. The fourth-order valence-electron chi connectivity index (χ4n) is 4.62. The molecule has 4 aliphatic rings. The zero-order valence-corrected chi connectivity index (χ0v) is 13.0. The number of carbonyl (C=O) groups is 1. The van der Waals surface area contributed by atoms with Crippen molar-refractivity contribution in [3.63, 3.8) is 0 Å². The molecule has 4 fully saturated rings. The zero-order chi connectivity index (χ0) is 14.2. The first kappa shape index (κ1) is 14.0. The molecule has 0 aromatic heterocycles. The third-order valence-electron chi connectivity index (χ3n) is 5.98. The van der Waals surface area contributed by atoms with Gasteiger partial charge in [0.25, 0.3) is 0 Å². The quantitative estimate of drug-likeness (QED) is 0.794. The largest absolute Gasteiger partial charge is 0.377 e. The van der Waals surface area contributed by atoms with E-state index >= 15 is 0 Å². The van der Waals surface area contributed by atoms with E-state index in [0.717, 1.165) is 57.6 Å². The minimum atomic E-state index is 0.360. The van der Waals surface area contributed by atoms with Crippen LogP contribution in [-0.4, -0.2) is 61.1 Å². The van der Waals surface area contributed by atoms with E-state index in [1.807, 2.05) is 0 Å². The fraction of sp³-hybridized carbons (Fsp3) is 0.941. The van der Waals surface area contributed by atoms with Gasteiger partial charge in [-0.05, 0) is 56.9 Å². The minimum absolute atomic E-state index is 0.360. The Bertz CT molecular complexity index is 384. The van der Waals surface area contributed by atoms with Crippen molar-refractivity contribution >= 4 is 5.91 Å². The molecule has 21 heavy (non-hydrogen) atoms. The SMILES string of the molecule is O=C(C1CC2CC2C1)N1CCCN(CC2CCCO2)CC1. The van der Waals surface area contributed by atoms with Crippen LogP contribution in [0.15, 0.2) is 0 Å². The topological polar surface area (TPSA) is 32.8 Å². The van der Waals surface area contributed by atoms with Gasteiger partial charge < -0.3 is 9.64 Å². The number of hydrogen-bond acceptors (Lipinski definition) is 3. The third-order valence-corrected chi connectivity index (χ3v) is 5.98. The van der Waals surface area contributed by atoms with Crippen LogP contribution in [0.5, 0.6) is 0 Å². The Morgan fingerprint density at radius 1 is 1.00 bits per heavy atom. The van der Waals surface area contributed by atoms with Crippen molar-refractivity contribution in [2.45, 2.75) is 44.6 Å². The van der Waals surface area contributed by atoms with Crippen LogP contribution in [0.2, 0.25) is 0 Å². The summed E-state index contributed by atoms with van der Waals surface area (Å²) >= 11 is 0. The second-order valence-electron chi connectivity index (χ2n) is 7.54. The summed E-state index contributed by atoms with van der Waals surface area (Å²) in [5.74, 6) is 2.63. The van der Waals surface area contributed by atoms with Crippen molar-refractivity contribution < 1.29 is 9.53 Å². The number of hydrogen-bond donors (Lipinski definition) is 0. The lowest BCUT2D eigenvalue weighted by Gasteiger charge is -2.26. The molecule has 2 saturated heterocycles. The summed E-state index contributed by atoms with van der Waals surface area (Å²) in [4.78, 5) is 17.3. The molecular formula is C17H28N2O2. The molecule has 4 heteroatoms. The maximum atomic E-state index is 12.7. The Morgan fingerprint density at radius 3 is 2.62 bits per heavy atom. The van der Waals surface area contributed by atoms with E-state index in [1.165, 1.54) is 32.1 Å². The van der Waals surface area contributed by atoms with Gasteiger partial charge in [0.1, 0.15) is 0 Å². The van der Waals surface area contributed by atoms with Crippen molar-refractivity contribution in [1.82, 2.24) is 9.80 Å². The van der Waals surface area contributed by atoms with Crippen molar-refractivity contribution in [2.24, 2.45) is 17.8 Å². The Kier molecular flexibility index (Phi) is 3.92. The van der Waals surface area contributed by atoms with E-state index < -0.39 is 0 Å². The minimum Gasteiger partial charge on any atom is -0.377 e. The standard InChI is InChI=1S/C17H28N2O2/c20-17(15-10-13-9-14(13)11-15)19-5-2-4-18(6-7-19)12-16-3-1-8-21-16/h13-16H,1-12H2. The molecule has 0 spiro atoms. The first-order valence-electron chi connectivity index (χ1n) is 8.92. The molecule has 118 valence electrons. The van der Waals surface area contributed by atoms with Crippen LogP contribution in [0, 0.1) is 17.8 Å². The van der Waals surface area contributed by atoms with E-state index in [2.05, 4.69) is 9.80 Å². The van der Waals surface area contributed by atoms with Crippen LogP contribution >= 0.6 is 0 Å². The third kappa shape index (κ3) is 3.11. The van der Waals surface area contributed by atoms with Gasteiger partial charge in [-0.25, -0.2) is 0 Å². The van der Waals surface area contributed by atoms with Crippen LogP contribution in [0.25, 0.3) is 0 Å². The summed E-state index contributed by atoms with van der Waals surface area (Å²) in [6.45, 7) is 6.05. The van der Waals surface area contributed by atoms with Gasteiger partial charge in [-0.2, -0.15) is 0 Å². The fourth-order valence-corrected chi connectivity index (χ4v) is 4.62. The molecule has 3 unspecified atom stereocenters. The summed E-state index contributed by atoms with van der Waals surface area (Å²) in [6.07, 6.45) is 7.75. The normalized spacial score (nSPS) is 40.1. The van der Waals surface area contributed by atoms with Gasteiger partial charge in [0, 0.05) is 38.7 Å². The number of ether oxygens (including phenoxy) is 1. The van der Waals surface area contributed by atoms with Gasteiger partial charge in [0.05, 0.1) is 6.10 Å².